The first-order valence-electron chi connectivity index (χ1n) is 4.10. The minimum absolute atomic E-state index is 0.259. The zero-order valence-corrected chi connectivity index (χ0v) is 10.3. The Kier molecular flexibility index (Phi) is 2.92. The van der Waals surface area contributed by atoms with Crippen molar-refractivity contribution in [1.82, 2.24) is 19.5 Å². The second-order valence-corrected chi connectivity index (χ2v) is 4.61. The van der Waals surface area contributed by atoms with E-state index < -0.39 is 0 Å². The number of nitrogen functional groups attached to an aromatic ring is 1. The second kappa shape index (κ2) is 4.19. The number of hydrogen-bond donors (Lipinski definition) is 1. The van der Waals surface area contributed by atoms with Crippen LogP contribution in [0.1, 0.15) is 0 Å². The third kappa shape index (κ3) is 2.29. The number of nitrogens with two attached hydrogens (primary N) is 1. The fourth-order valence-corrected chi connectivity index (χ4v) is 2.19. The molecule has 0 amide bonds. The van der Waals surface area contributed by atoms with Gasteiger partial charge in [-0.3, -0.25) is 0 Å². The Balaban J connectivity index is 2.32. The third-order valence-corrected chi connectivity index (χ3v) is 3.62. The minimum Gasteiger partial charge on any atom is -0.368 e. The van der Waals surface area contributed by atoms with Crippen LogP contribution in [-0.4, -0.2) is 19.5 Å². The molecule has 2 heterocycles. The lowest BCUT2D eigenvalue weighted by atomic mass is 10.7. The summed E-state index contributed by atoms with van der Waals surface area (Å²) in [4.78, 5) is 12.2. The van der Waals surface area contributed by atoms with E-state index in [1.54, 1.807) is 12.4 Å². The van der Waals surface area contributed by atoms with Crippen molar-refractivity contribution in [2.24, 2.45) is 7.05 Å². The zero-order chi connectivity index (χ0) is 10.8. The van der Waals surface area contributed by atoms with Crippen molar-refractivity contribution in [3.05, 3.63) is 23.1 Å². The monoisotopic (exact) mass is 285 g/mol. The molecule has 0 aromatic carbocycles. The molecule has 2 N–H and O–H groups in total. The van der Waals surface area contributed by atoms with E-state index in [2.05, 4.69) is 30.9 Å². The maximum atomic E-state index is 5.51. The van der Waals surface area contributed by atoms with Gasteiger partial charge in [0.05, 0.1) is 4.47 Å². The van der Waals surface area contributed by atoms with E-state index in [9.17, 15) is 0 Å². The molecular formula is C8H8BrN5S. The van der Waals surface area contributed by atoms with E-state index in [-0.39, 0.29) is 5.95 Å². The van der Waals surface area contributed by atoms with Gasteiger partial charge in [-0.05, 0) is 27.7 Å². The molecule has 15 heavy (non-hydrogen) atoms. The maximum absolute atomic E-state index is 5.51. The van der Waals surface area contributed by atoms with Gasteiger partial charge in [0.1, 0.15) is 5.03 Å². The lowest BCUT2D eigenvalue weighted by molar-refractivity contribution is 0.788. The van der Waals surface area contributed by atoms with Crippen molar-refractivity contribution in [3.63, 3.8) is 0 Å². The Morgan fingerprint density at radius 3 is 2.93 bits per heavy atom. The van der Waals surface area contributed by atoms with E-state index in [0.29, 0.717) is 0 Å². The van der Waals surface area contributed by atoms with Gasteiger partial charge in [-0.1, -0.05) is 0 Å². The summed E-state index contributed by atoms with van der Waals surface area (Å²) in [5.74, 6) is 0.259. The number of imidazole rings is 1. The molecule has 0 atom stereocenters. The van der Waals surface area contributed by atoms with E-state index in [0.717, 1.165) is 14.7 Å². The fraction of sp³-hybridized carbons (Fsp3) is 0.125. The predicted octanol–water partition coefficient (Wildman–Crippen LogP) is 1.71. The van der Waals surface area contributed by atoms with Crippen LogP contribution < -0.4 is 5.73 Å². The SMILES string of the molecule is Cn1ccnc1Sc1nc(N)ncc1Br. The fourth-order valence-electron chi connectivity index (χ4n) is 0.973. The first-order chi connectivity index (χ1) is 7.16. The smallest absolute Gasteiger partial charge is 0.221 e. The van der Waals surface area contributed by atoms with Gasteiger partial charge in [0.15, 0.2) is 5.16 Å². The van der Waals surface area contributed by atoms with Crippen molar-refractivity contribution in [1.29, 1.82) is 0 Å². The lowest BCUT2D eigenvalue weighted by Gasteiger charge is -2.03. The van der Waals surface area contributed by atoms with Gasteiger partial charge in [-0.25, -0.2) is 15.0 Å². The molecule has 7 heteroatoms. The topological polar surface area (TPSA) is 69.6 Å². The van der Waals surface area contributed by atoms with Gasteiger partial charge >= 0.3 is 0 Å². The van der Waals surface area contributed by atoms with Crippen molar-refractivity contribution >= 4 is 33.6 Å². The highest BCUT2D eigenvalue weighted by molar-refractivity contribution is 9.10. The molecule has 0 radical (unpaired) electrons. The number of anilines is 1. The summed E-state index contributed by atoms with van der Waals surface area (Å²) in [6, 6.07) is 0. The van der Waals surface area contributed by atoms with E-state index in [1.807, 2.05) is 17.8 Å². The van der Waals surface area contributed by atoms with Gasteiger partial charge in [0, 0.05) is 25.6 Å². The number of aryl methyl sites for hydroxylation is 1. The summed E-state index contributed by atoms with van der Waals surface area (Å²) in [6.07, 6.45) is 5.25. The number of hydrogen-bond acceptors (Lipinski definition) is 5. The largest absolute Gasteiger partial charge is 0.368 e. The van der Waals surface area contributed by atoms with Crippen LogP contribution in [-0.2, 0) is 7.05 Å². The molecule has 0 unspecified atom stereocenters. The van der Waals surface area contributed by atoms with E-state index in [4.69, 9.17) is 5.73 Å². The highest BCUT2D eigenvalue weighted by Gasteiger charge is 2.08. The summed E-state index contributed by atoms with van der Waals surface area (Å²) in [7, 11) is 1.92. The zero-order valence-electron chi connectivity index (χ0n) is 7.88. The maximum Gasteiger partial charge on any atom is 0.221 e. The molecule has 0 fully saturated rings. The number of nitrogens with zero attached hydrogens (tertiary/aromatic N) is 4. The molecule has 5 nitrogen and oxygen atoms in total. The molecule has 78 valence electrons. The molecule has 2 rings (SSSR count). The van der Waals surface area contributed by atoms with Gasteiger partial charge in [0.2, 0.25) is 5.95 Å². The normalized spacial score (nSPS) is 10.5. The van der Waals surface area contributed by atoms with E-state index in [1.165, 1.54) is 11.8 Å². The van der Waals surface area contributed by atoms with Crippen LogP contribution in [0.4, 0.5) is 5.95 Å². The van der Waals surface area contributed by atoms with Crippen LogP contribution in [0.3, 0.4) is 0 Å². The van der Waals surface area contributed by atoms with Crippen LogP contribution in [0.25, 0.3) is 0 Å². The molecule has 0 aliphatic carbocycles. The summed E-state index contributed by atoms with van der Waals surface area (Å²) >= 11 is 4.80. The Hall–Kier alpha value is -1.08. The lowest BCUT2D eigenvalue weighted by Crippen LogP contribution is -1.97. The number of aromatic nitrogens is 4. The van der Waals surface area contributed by atoms with Gasteiger partial charge in [-0.2, -0.15) is 0 Å². The molecule has 0 aliphatic rings. The summed E-state index contributed by atoms with van der Waals surface area (Å²) in [5.41, 5.74) is 5.51. The molecule has 2 aromatic heterocycles. The predicted molar refractivity (Wildman–Crippen MR) is 61.5 cm³/mol. The number of halogens is 1. The molecule has 0 aliphatic heterocycles. The Morgan fingerprint density at radius 1 is 1.47 bits per heavy atom. The first kappa shape index (κ1) is 10.4. The average molecular weight is 286 g/mol. The summed E-state index contributed by atoms with van der Waals surface area (Å²) in [5, 5.41) is 1.62. The summed E-state index contributed by atoms with van der Waals surface area (Å²) < 4.78 is 2.72. The minimum atomic E-state index is 0.259. The standard InChI is InChI=1S/C8H8BrN5S/c1-14-3-2-11-8(14)15-6-5(9)4-12-7(10)13-6/h2-4H,1H3,(H2,10,12,13). The Morgan fingerprint density at radius 2 is 2.27 bits per heavy atom. The van der Waals surface area contributed by atoms with Crippen molar-refractivity contribution in [2.75, 3.05) is 5.73 Å². The molecule has 0 saturated heterocycles. The highest BCUT2D eigenvalue weighted by Crippen LogP contribution is 2.30. The van der Waals surface area contributed by atoms with Gasteiger partial charge < -0.3 is 10.3 Å². The highest BCUT2D eigenvalue weighted by atomic mass is 79.9. The first-order valence-corrected chi connectivity index (χ1v) is 5.71. The molecule has 0 spiro atoms. The van der Waals surface area contributed by atoms with Crippen molar-refractivity contribution in [2.45, 2.75) is 10.2 Å². The molecule has 0 saturated carbocycles. The average Bonchev–Trinajstić information content (AvgIpc) is 2.58. The van der Waals surface area contributed by atoms with Crippen LogP contribution in [0.5, 0.6) is 0 Å². The van der Waals surface area contributed by atoms with Crippen molar-refractivity contribution < 1.29 is 0 Å². The van der Waals surface area contributed by atoms with Gasteiger partial charge in [0.25, 0.3) is 0 Å². The van der Waals surface area contributed by atoms with Crippen LogP contribution in [0.15, 0.2) is 33.2 Å². The van der Waals surface area contributed by atoms with Crippen molar-refractivity contribution in [3.8, 4) is 0 Å². The second-order valence-electron chi connectivity index (χ2n) is 2.80. The van der Waals surface area contributed by atoms with Crippen LogP contribution in [0.2, 0.25) is 0 Å². The van der Waals surface area contributed by atoms with Gasteiger partial charge in [-0.15, -0.1) is 0 Å². The van der Waals surface area contributed by atoms with Crippen LogP contribution in [0, 0.1) is 0 Å². The third-order valence-electron chi connectivity index (χ3n) is 1.70. The quantitative estimate of drug-likeness (QED) is 0.851. The summed E-state index contributed by atoms with van der Waals surface area (Å²) in [6.45, 7) is 0. The molecule has 0 bridgehead atoms. The molecule has 2 aromatic rings. The Bertz CT molecular complexity index is 484. The Labute approximate surface area is 99.3 Å². The van der Waals surface area contributed by atoms with E-state index >= 15 is 0 Å². The molecular weight excluding hydrogens is 278 g/mol. The van der Waals surface area contributed by atoms with Crippen LogP contribution >= 0.6 is 27.7 Å². The number of rotatable bonds is 2.